The highest BCUT2D eigenvalue weighted by atomic mass is 32.2. The molecule has 2 amide bonds. The molecule has 12 heteroatoms. The van der Waals surface area contributed by atoms with Gasteiger partial charge in [-0.3, -0.25) is 15.6 Å². The summed E-state index contributed by atoms with van der Waals surface area (Å²) in [6, 6.07) is 8.12. The second kappa shape index (κ2) is 10.3. The second-order valence-electron chi connectivity index (χ2n) is 8.84. The fourth-order valence-electron chi connectivity index (χ4n) is 4.28. The van der Waals surface area contributed by atoms with Crippen LogP contribution in [0.2, 0.25) is 0 Å². The molecule has 2 heterocycles. The number of carbonyl (C=O) groups excluding carboxylic acids is 1. The van der Waals surface area contributed by atoms with Gasteiger partial charge in [0.2, 0.25) is 5.91 Å². The third-order valence-corrected chi connectivity index (χ3v) is 7.93. The van der Waals surface area contributed by atoms with E-state index in [4.69, 9.17) is 5.11 Å². The van der Waals surface area contributed by atoms with Crippen LogP contribution in [-0.4, -0.2) is 46.0 Å². The molecule has 186 valence electrons. The van der Waals surface area contributed by atoms with Crippen molar-refractivity contribution >= 4 is 39.0 Å². The Kier molecular flexibility index (Phi) is 7.20. The smallest absolute Gasteiger partial charge is 0.404 e. The third-order valence-electron chi connectivity index (χ3n) is 6.25. The van der Waals surface area contributed by atoms with Gasteiger partial charge in [0.15, 0.2) is 11.5 Å². The quantitative estimate of drug-likeness (QED) is 0.344. The zero-order valence-electron chi connectivity index (χ0n) is 19.3. The van der Waals surface area contributed by atoms with Gasteiger partial charge in [0, 0.05) is 19.2 Å². The summed E-state index contributed by atoms with van der Waals surface area (Å²) in [5, 5.41) is 11.1. The number of aryl methyl sites for hydroxylation is 1. The van der Waals surface area contributed by atoms with E-state index in [-0.39, 0.29) is 22.4 Å². The number of carbonyl (C=O) groups is 2. The Morgan fingerprint density at radius 2 is 1.77 bits per heavy atom. The van der Waals surface area contributed by atoms with Gasteiger partial charge in [0.1, 0.15) is 5.52 Å². The SMILES string of the molecule is Cc1ccc(S(=O)(=O)n2ccc3nc(NNC(=O)CC4CCC(CNC(=O)O)CC4)cnc32)cc1. The van der Waals surface area contributed by atoms with Crippen LogP contribution >= 0.6 is 0 Å². The van der Waals surface area contributed by atoms with Crippen LogP contribution in [0.1, 0.15) is 37.7 Å². The molecular formula is C23H28N6O5S. The van der Waals surface area contributed by atoms with E-state index < -0.39 is 16.1 Å². The van der Waals surface area contributed by atoms with Crippen LogP contribution in [-0.2, 0) is 14.8 Å². The first-order chi connectivity index (χ1) is 16.7. The number of hydrogen-bond donors (Lipinski definition) is 4. The number of carboxylic acid groups (broad SMARTS) is 1. The molecule has 1 aliphatic carbocycles. The van der Waals surface area contributed by atoms with E-state index in [1.54, 1.807) is 30.3 Å². The fourth-order valence-corrected chi connectivity index (χ4v) is 5.58. The van der Waals surface area contributed by atoms with E-state index in [0.717, 1.165) is 35.2 Å². The number of anilines is 1. The Morgan fingerprint density at radius 3 is 2.46 bits per heavy atom. The Bertz CT molecular complexity index is 1310. The third kappa shape index (κ3) is 5.88. The molecule has 0 spiro atoms. The van der Waals surface area contributed by atoms with Crippen molar-refractivity contribution in [1.29, 1.82) is 0 Å². The molecule has 2 aromatic heterocycles. The number of hydrogen-bond acceptors (Lipinski definition) is 7. The Balaban J connectivity index is 1.32. The van der Waals surface area contributed by atoms with E-state index in [1.807, 2.05) is 6.92 Å². The summed E-state index contributed by atoms with van der Waals surface area (Å²) >= 11 is 0. The van der Waals surface area contributed by atoms with E-state index in [9.17, 15) is 18.0 Å². The molecule has 3 aromatic rings. The molecule has 0 bridgehead atoms. The van der Waals surface area contributed by atoms with E-state index in [1.165, 1.54) is 12.4 Å². The van der Waals surface area contributed by atoms with Crippen molar-refractivity contribution in [3.63, 3.8) is 0 Å². The molecule has 1 aromatic carbocycles. The van der Waals surface area contributed by atoms with Crippen molar-refractivity contribution < 1.29 is 23.1 Å². The van der Waals surface area contributed by atoms with Crippen molar-refractivity contribution in [3.8, 4) is 0 Å². The van der Waals surface area contributed by atoms with Crippen molar-refractivity contribution in [3.05, 3.63) is 48.3 Å². The number of amides is 2. The maximum atomic E-state index is 13.0. The molecule has 1 aliphatic rings. The van der Waals surface area contributed by atoms with Crippen LogP contribution in [0, 0.1) is 18.8 Å². The van der Waals surface area contributed by atoms with E-state index >= 15 is 0 Å². The molecule has 4 N–H and O–H groups in total. The van der Waals surface area contributed by atoms with Gasteiger partial charge >= 0.3 is 6.09 Å². The van der Waals surface area contributed by atoms with E-state index in [0.29, 0.717) is 30.2 Å². The molecule has 11 nitrogen and oxygen atoms in total. The molecule has 0 radical (unpaired) electrons. The van der Waals surface area contributed by atoms with Crippen LogP contribution in [0.3, 0.4) is 0 Å². The van der Waals surface area contributed by atoms with Gasteiger partial charge in [0.25, 0.3) is 10.0 Å². The second-order valence-corrected chi connectivity index (χ2v) is 10.7. The van der Waals surface area contributed by atoms with Crippen molar-refractivity contribution in [2.45, 2.75) is 43.9 Å². The van der Waals surface area contributed by atoms with Crippen molar-refractivity contribution in [1.82, 2.24) is 24.7 Å². The number of rotatable bonds is 8. The lowest BCUT2D eigenvalue weighted by atomic mass is 9.80. The summed E-state index contributed by atoms with van der Waals surface area (Å²) in [7, 11) is -3.81. The Morgan fingerprint density at radius 1 is 1.09 bits per heavy atom. The highest BCUT2D eigenvalue weighted by Crippen LogP contribution is 2.30. The molecule has 4 rings (SSSR count). The first-order valence-corrected chi connectivity index (χ1v) is 12.8. The number of benzene rings is 1. The minimum Gasteiger partial charge on any atom is -0.465 e. The molecule has 35 heavy (non-hydrogen) atoms. The van der Waals surface area contributed by atoms with Gasteiger partial charge in [0.05, 0.1) is 11.1 Å². The van der Waals surface area contributed by atoms with Crippen molar-refractivity contribution in [2.24, 2.45) is 11.8 Å². The lowest BCUT2D eigenvalue weighted by Gasteiger charge is -2.28. The molecule has 0 saturated heterocycles. The Labute approximate surface area is 203 Å². The molecule has 0 aliphatic heterocycles. The molecule has 1 fully saturated rings. The molecule has 0 atom stereocenters. The summed E-state index contributed by atoms with van der Waals surface area (Å²) in [6.45, 7) is 2.33. The van der Waals surface area contributed by atoms with Crippen LogP contribution in [0.15, 0.2) is 47.6 Å². The normalized spacial score (nSPS) is 18.2. The fraction of sp³-hybridized carbons (Fsp3) is 0.391. The summed E-state index contributed by atoms with van der Waals surface area (Å²) in [6.07, 6.45) is 5.62. The van der Waals surface area contributed by atoms with Gasteiger partial charge in [-0.1, -0.05) is 17.7 Å². The van der Waals surface area contributed by atoms with Crippen LogP contribution in [0.5, 0.6) is 0 Å². The lowest BCUT2D eigenvalue weighted by molar-refractivity contribution is -0.121. The maximum absolute atomic E-state index is 13.0. The van der Waals surface area contributed by atoms with Crippen LogP contribution in [0.4, 0.5) is 10.6 Å². The van der Waals surface area contributed by atoms with Gasteiger partial charge in [-0.05, 0) is 62.6 Å². The maximum Gasteiger partial charge on any atom is 0.404 e. The average Bonchev–Trinajstić information content (AvgIpc) is 3.27. The molecule has 0 unspecified atom stereocenters. The van der Waals surface area contributed by atoms with Gasteiger partial charge in [-0.25, -0.2) is 27.2 Å². The zero-order valence-corrected chi connectivity index (χ0v) is 20.1. The predicted octanol–water partition coefficient (Wildman–Crippen LogP) is 2.88. The topological polar surface area (TPSA) is 155 Å². The minimum atomic E-state index is -3.81. The summed E-state index contributed by atoms with van der Waals surface area (Å²) in [5.74, 6) is 0.665. The number of fused-ring (bicyclic) bond motifs is 1. The minimum absolute atomic E-state index is 0.157. The van der Waals surface area contributed by atoms with Gasteiger partial charge in [-0.15, -0.1) is 0 Å². The van der Waals surface area contributed by atoms with Crippen LogP contribution < -0.4 is 16.2 Å². The molecule has 1 saturated carbocycles. The predicted molar refractivity (Wildman–Crippen MR) is 129 cm³/mol. The van der Waals surface area contributed by atoms with Gasteiger partial charge in [-0.2, -0.15) is 0 Å². The summed E-state index contributed by atoms with van der Waals surface area (Å²) in [5.41, 5.74) is 6.89. The first kappa shape index (κ1) is 24.5. The monoisotopic (exact) mass is 500 g/mol. The highest BCUT2D eigenvalue weighted by Gasteiger charge is 2.24. The number of aromatic nitrogens is 3. The number of nitrogens with zero attached hydrogens (tertiary/aromatic N) is 3. The molecular weight excluding hydrogens is 472 g/mol. The summed E-state index contributed by atoms with van der Waals surface area (Å²) in [4.78, 5) is 31.7. The lowest BCUT2D eigenvalue weighted by Crippen LogP contribution is -2.33. The average molecular weight is 501 g/mol. The number of hydrazine groups is 1. The van der Waals surface area contributed by atoms with Gasteiger partial charge < -0.3 is 10.4 Å². The van der Waals surface area contributed by atoms with E-state index in [2.05, 4.69) is 26.1 Å². The highest BCUT2D eigenvalue weighted by molar-refractivity contribution is 7.90. The zero-order chi connectivity index (χ0) is 25.0. The Hall–Kier alpha value is -3.67. The summed E-state index contributed by atoms with van der Waals surface area (Å²) < 4.78 is 27.1. The van der Waals surface area contributed by atoms with Crippen LogP contribution in [0.25, 0.3) is 11.2 Å². The largest absolute Gasteiger partial charge is 0.465 e. The standard InChI is InChI=1S/C23H28N6O5S/c1-15-2-8-18(9-3-15)35(33,34)29-11-10-19-22(29)24-14-20(26-19)27-28-21(30)12-16-4-6-17(7-5-16)13-25-23(31)32/h2-3,8-11,14,16-17,25H,4-7,12-13H2,1H3,(H,26,27)(H,28,30)(H,31,32). The first-order valence-electron chi connectivity index (χ1n) is 11.4. The van der Waals surface area contributed by atoms with Crippen molar-refractivity contribution in [2.75, 3.05) is 12.0 Å². The number of nitrogens with one attached hydrogen (secondary N) is 3.